The molecule has 1 unspecified atom stereocenters. The number of Topliss-reactive ketones (excluding diaryl/α,β-unsaturated/α-hetero) is 1. The maximum Gasteiger partial charge on any atom is 0.316 e. The van der Waals surface area contributed by atoms with Crippen LogP contribution >= 0.6 is 0 Å². The van der Waals surface area contributed by atoms with Gasteiger partial charge in [-0.05, 0) is 30.9 Å². The molecule has 23 heavy (non-hydrogen) atoms. The standard InChI is InChI=1S/C20H22O3/c1-16(21)19(13-12-17-8-4-2-5-9-17)20(22)23-15-14-18-10-6-3-7-11-18/h2-11,19H,12-15H2,1H3. The topological polar surface area (TPSA) is 43.4 Å². The number of aryl methyl sites for hydroxylation is 1. The van der Waals surface area contributed by atoms with Crippen LogP contribution in [0.5, 0.6) is 0 Å². The van der Waals surface area contributed by atoms with Gasteiger partial charge in [-0.2, -0.15) is 0 Å². The molecule has 0 aliphatic heterocycles. The summed E-state index contributed by atoms with van der Waals surface area (Å²) in [4.78, 5) is 23.9. The molecule has 0 radical (unpaired) electrons. The summed E-state index contributed by atoms with van der Waals surface area (Å²) in [6, 6.07) is 19.7. The van der Waals surface area contributed by atoms with E-state index in [2.05, 4.69) is 0 Å². The third-order valence-electron chi connectivity index (χ3n) is 3.82. The minimum absolute atomic E-state index is 0.134. The van der Waals surface area contributed by atoms with Crippen molar-refractivity contribution in [3.05, 3.63) is 71.8 Å². The molecule has 0 bridgehead atoms. The van der Waals surface area contributed by atoms with E-state index in [-0.39, 0.29) is 5.78 Å². The molecule has 0 spiro atoms. The second kappa shape index (κ2) is 8.89. The molecule has 0 aliphatic carbocycles. The molecule has 2 aromatic carbocycles. The molecule has 120 valence electrons. The highest BCUT2D eigenvalue weighted by atomic mass is 16.5. The monoisotopic (exact) mass is 310 g/mol. The molecule has 0 saturated heterocycles. The van der Waals surface area contributed by atoms with Crippen LogP contribution in [-0.2, 0) is 27.2 Å². The van der Waals surface area contributed by atoms with Crippen LogP contribution in [0.1, 0.15) is 24.5 Å². The second-order valence-electron chi connectivity index (χ2n) is 5.59. The summed E-state index contributed by atoms with van der Waals surface area (Å²) in [5, 5.41) is 0. The van der Waals surface area contributed by atoms with Gasteiger partial charge < -0.3 is 4.74 Å². The smallest absolute Gasteiger partial charge is 0.316 e. The van der Waals surface area contributed by atoms with Crippen LogP contribution in [0.15, 0.2) is 60.7 Å². The Bertz CT molecular complexity index is 620. The van der Waals surface area contributed by atoms with Crippen molar-refractivity contribution in [2.24, 2.45) is 5.92 Å². The van der Waals surface area contributed by atoms with Crippen molar-refractivity contribution in [2.75, 3.05) is 6.61 Å². The Balaban J connectivity index is 1.82. The van der Waals surface area contributed by atoms with Crippen LogP contribution in [-0.4, -0.2) is 18.4 Å². The highest BCUT2D eigenvalue weighted by Crippen LogP contribution is 2.13. The number of hydrogen-bond acceptors (Lipinski definition) is 3. The summed E-state index contributed by atoms with van der Waals surface area (Å²) in [6.45, 7) is 1.76. The zero-order chi connectivity index (χ0) is 16.5. The van der Waals surface area contributed by atoms with Gasteiger partial charge in [0.25, 0.3) is 0 Å². The SMILES string of the molecule is CC(=O)C(CCc1ccccc1)C(=O)OCCc1ccccc1. The molecule has 0 N–H and O–H groups in total. The fraction of sp³-hybridized carbons (Fsp3) is 0.300. The van der Waals surface area contributed by atoms with Crippen LogP contribution < -0.4 is 0 Å². The average molecular weight is 310 g/mol. The molecule has 0 fully saturated rings. The molecule has 0 heterocycles. The first kappa shape index (κ1) is 16.9. The molecule has 2 rings (SSSR count). The van der Waals surface area contributed by atoms with E-state index in [1.165, 1.54) is 6.92 Å². The molecule has 0 saturated carbocycles. The zero-order valence-corrected chi connectivity index (χ0v) is 13.4. The Morgan fingerprint density at radius 2 is 1.39 bits per heavy atom. The van der Waals surface area contributed by atoms with Crippen LogP contribution in [0.3, 0.4) is 0 Å². The Morgan fingerprint density at radius 1 is 0.870 bits per heavy atom. The highest BCUT2D eigenvalue weighted by molar-refractivity contribution is 5.97. The van der Waals surface area contributed by atoms with Crippen molar-refractivity contribution >= 4 is 11.8 Å². The lowest BCUT2D eigenvalue weighted by molar-refractivity contribution is -0.151. The predicted molar refractivity (Wildman–Crippen MR) is 90.0 cm³/mol. The quantitative estimate of drug-likeness (QED) is 0.552. The number of hydrogen-bond donors (Lipinski definition) is 0. The number of rotatable bonds is 8. The number of benzene rings is 2. The van der Waals surface area contributed by atoms with Crippen molar-refractivity contribution in [1.29, 1.82) is 0 Å². The van der Waals surface area contributed by atoms with Crippen LogP contribution in [0, 0.1) is 5.92 Å². The van der Waals surface area contributed by atoms with Crippen LogP contribution in [0.2, 0.25) is 0 Å². The lowest BCUT2D eigenvalue weighted by Crippen LogP contribution is -2.25. The lowest BCUT2D eigenvalue weighted by atomic mass is 9.96. The van der Waals surface area contributed by atoms with E-state index < -0.39 is 11.9 Å². The van der Waals surface area contributed by atoms with Crippen molar-refractivity contribution < 1.29 is 14.3 Å². The number of carbonyl (C=O) groups excluding carboxylic acids is 2. The molecule has 2 aromatic rings. The number of ketones is 1. The number of esters is 1. The first-order chi connectivity index (χ1) is 11.2. The molecular formula is C20H22O3. The Morgan fingerprint density at radius 3 is 1.91 bits per heavy atom. The zero-order valence-electron chi connectivity index (χ0n) is 13.4. The van der Waals surface area contributed by atoms with Gasteiger partial charge in [0.2, 0.25) is 0 Å². The summed E-state index contributed by atoms with van der Waals surface area (Å²) in [5.41, 5.74) is 2.24. The van der Waals surface area contributed by atoms with Crippen molar-refractivity contribution in [1.82, 2.24) is 0 Å². The molecule has 0 aliphatic rings. The van der Waals surface area contributed by atoms with Gasteiger partial charge in [-0.3, -0.25) is 9.59 Å². The largest absolute Gasteiger partial charge is 0.465 e. The van der Waals surface area contributed by atoms with Gasteiger partial charge in [0, 0.05) is 6.42 Å². The van der Waals surface area contributed by atoms with Gasteiger partial charge in [-0.1, -0.05) is 60.7 Å². The van der Waals surface area contributed by atoms with Crippen molar-refractivity contribution in [3.63, 3.8) is 0 Å². The van der Waals surface area contributed by atoms with E-state index in [4.69, 9.17) is 4.74 Å². The third kappa shape index (κ3) is 5.70. The maximum atomic E-state index is 12.2. The summed E-state index contributed by atoms with van der Waals surface area (Å²) in [7, 11) is 0. The summed E-state index contributed by atoms with van der Waals surface area (Å²) < 4.78 is 5.30. The van der Waals surface area contributed by atoms with Gasteiger partial charge in [0.1, 0.15) is 11.7 Å². The van der Waals surface area contributed by atoms with Gasteiger partial charge in [-0.15, -0.1) is 0 Å². The van der Waals surface area contributed by atoms with E-state index in [1.54, 1.807) is 0 Å². The average Bonchev–Trinajstić information content (AvgIpc) is 2.56. The van der Waals surface area contributed by atoms with Gasteiger partial charge in [0.05, 0.1) is 6.61 Å². The maximum absolute atomic E-state index is 12.2. The fourth-order valence-corrected chi connectivity index (χ4v) is 2.46. The predicted octanol–water partition coefficient (Wildman–Crippen LogP) is 3.61. The van der Waals surface area contributed by atoms with Crippen LogP contribution in [0.4, 0.5) is 0 Å². The van der Waals surface area contributed by atoms with Gasteiger partial charge >= 0.3 is 5.97 Å². The van der Waals surface area contributed by atoms with Gasteiger partial charge in [0.15, 0.2) is 0 Å². The van der Waals surface area contributed by atoms with E-state index in [0.29, 0.717) is 25.9 Å². The minimum Gasteiger partial charge on any atom is -0.465 e. The molecule has 0 aromatic heterocycles. The normalized spacial score (nSPS) is 11.7. The van der Waals surface area contributed by atoms with E-state index in [1.807, 2.05) is 60.7 Å². The highest BCUT2D eigenvalue weighted by Gasteiger charge is 2.24. The first-order valence-corrected chi connectivity index (χ1v) is 7.92. The molecule has 0 amide bonds. The fourth-order valence-electron chi connectivity index (χ4n) is 2.46. The summed E-state index contributed by atoms with van der Waals surface area (Å²) >= 11 is 0. The molecule has 1 atom stereocenters. The minimum atomic E-state index is -0.675. The van der Waals surface area contributed by atoms with Crippen LogP contribution in [0.25, 0.3) is 0 Å². The summed E-state index contributed by atoms with van der Waals surface area (Å²) in [6.07, 6.45) is 1.85. The second-order valence-corrected chi connectivity index (χ2v) is 5.59. The van der Waals surface area contributed by atoms with E-state index in [9.17, 15) is 9.59 Å². The number of carbonyl (C=O) groups is 2. The molecule has 3 heteroatoms. The third-order valence-corrected chi connectivity index (χ3v) is 3.82. The van der Waals surface area contributed by atoms with Crippen molar-refractivity contribution in [2.45, 2.75) is 26.2 Å². The first-order valence-electron chi connectivity index (χ1n) is 7.92. The Hall–Kier alpha value is -2.42. The summed E-state index contributed by atoms with van der Waals surface area (Å²) in [5.74, 6) is -1.22. The van der Waals surface area contributed by atoms with E-state index in [0.717, 1.165) is 11.1 Å². The lowest BCUT2D eigenvalue weighted by Gasteiger charge is -2.13. The van der Waals surface area contributed by atoms with Crippen molar-refractivity contribution in [3.8, 4) is 0 Å². The Labute approximate surface area is 137 Å². The van der Waals surface area contributed by atoms with E-state index >= 15 is 0 Å². The van der Waals surface area contributed by atoms with Gasteiger partial charge in [-0.25, -0.2) is 0 Å². The Kier molecular flexibility index (Phi) is 6.55. The molecular weight excluding hydrogens is 288 g/mol. The number of ether oxygens (including phenoxy) is 1. The molecule has 3 nitrogen and oxygen atoms in total.